The van der Waals surface area contributed by atoms with Gasteiger partial charge in [-0.3, -0.25) is 9.67 Å². The molecular formula is C21H31F2N5O2. The number of nitrogens with zero attached hydrogens (tertiary/aromatic N) is 3. The number of alkyl halides is 2. The van der Waals surface area contributed by atoms with Crippen LogP contribution in [0, 0.1) is 13.8 Å². The van der Waals surface area contributed by atoms with Crippen molar-refractivity contribution in [1.82, 2.24) is 20.4 Å². The average Bonchev–Trinajstić information content (AvgIpc) is 2.93. The lowest BCUT2D eigenvalue weighted by Crippen LogP contribution is -2.43. The van der Waals surface area contributed by atoms with Crippen LogP contribution < -0.4 is 20.1 Å². The van der Waals surface area contributed by atoms with Crippen molar-refractivity contribution < 1.29 is 18.3 Å². The number of aromatic nitrogens is 2. The summed E-state index contributed by atoms with van der Waals surface area (Å²) in [4.78, 5) is 4.26. The summed E-state index contributed by atoms with van der Waals surface area (Å²) in [5, 5.41) is 11.1. The quantitative estimate of drug-likeness (QED) is 0.479. The Morgan fingerprint density at radius 3 is 2.57 bits per heavy atom. The SMILES string of the molecule is CN=C(NCCc1ccc(OC)c(OC(F)F)c1)NC(C)Cc1c(C)nn(C)c1C. The molecule has 0 radical (unpaired) electrons. The van der Waals surface area contributed by atoms with Gasteiger partial charge in [-0.2, -0.15) is 13.9 Å². The monoisotopic (exact) mass is 423 g/mol. The van der Waals surface area contributed by atoms with Crippen molar-refractivity contribution in [2.24, 2.45) is 12.0 Å². The van der Waals surface area contributed by atoms with Crippen LogP contribution in [0.5, 0.6) is 11.5 Å². The highest BCUT2D eigenvalue weighted by Gasteiger charge is 2.14. The van der Waals surface area contributed by atoms with Crippen LogP contribution in [0.25, 0.3) is 0 Å². The molecule has 30 heavy (non-hydrogen) atoms. The van der Waals surface area contributed by atoms with Crippen molar-refractivity contribution >= 4 is 5.96 Å². The Hall–Kier alpha value is -2.84. The first-order valence-electron chi connectivity index (χ1n) is 9.83. The molecule has 166 valence electrons. The minimum absolute atomic E-state index is 0.0309. The number of benzene rings is 1. The molecule has 0 aliphatic carbocycles. The summed E-state index contributed by atoms with van der Waals surface area (Å²) in [6, 6.07) is 5.18. The summed E-state index contributed by atoms with van der Waals surface area (Å²) in [7, 11) is 5.08. The molecule has 1 atom stereocenters. The van der Waals surface area contributed by atoms with Crippen LogP contribution in [0.2, 0.25) is 0 Å². The second-order valence-electron chi connectivity index (χ2n) is 7.14. The minimum Gasteiger partial charge on any atom is -0.493 e. The zero-order valence-electron chi connectivity index (χ0n) is 18.4. The number of methoxy groups -OCH3 is 1. The molecular weight excluding hydrogens is 392 g/mol. The van der Waals surface area contributed by atoms with Gasteiger partial charge in [-0.05, 0) is 56.9 Å². The predicted octanol–water partition coefficient (Wildman–Crippen LogP) is 2.99. The fourth-order valence-electron chi connectivity index (χ4n) is 3.29. The van der Waals surface area contributed by atoms with E-state index in [0.29, 0.717) is 18.9 Å². The Morgan fingerprint density at radius 2 is 2.00 bits per heavy atom. The number of hydrogen-bond donors (Lipinski definition) is 2. The first-order valence-corrected chi connectivity index (χ1v) is 9.83. The van der Waals surface area contributed by atoms with Crippen molar-refractivity contribution in [3.63, 3.8) is 0 Å². The molecule has 0 amide bonds. The van der Waals surface area contributed by atoms with Crippen LogP contribution in [0.15, 0.2) is 23.2 Å². The van der Waals surface area contributed by atoms with Crippen LogP contribution in [0.1, 0.15) is 29.4 Å². The summed E-state index contributed by atoms with van der Waals surface area (Å²) in [6.07, 6.45) is 1.44. The second-order valence-corrected chi connectivity index (χ2v) is 7.14. The van der Waals surface area contributed by atoms with Crippen molar-refractivity contribution in [2.45, 2.75) is 46.3 Å². The Kier molecular flexibility index (Phi) is 8.44. The van der Waals surface area contributed by atoms with Crippen LogP contribution in [0.4, 0.5) is 8.78 Å². The second kappa shape index (κ2) is 10.8. The molecule has 0 aliphatic rings. The van der Waals surface area contributed by atoms with E-state index in [1.165, 1.54) is 12.7 Å². The molecule has 1 heterocycles. The molecule has 0 saturated carbocycles. The number of rotatable bonds is 9. The number of nitrogens with one attached hydrogen (secondary N) is 2. The molecule has 2 aromatic rings. The third-order valence-corrected chi connectivity index (χ3v) is 4.93. The van der Waals surface area contributed by atoms with E-state index in [9.17, 15) is 8.78 Å². The molecule has 9 heteroatoms. The lowest BCUT2D eigenvalue weighted by atomic mass is 10.1. The minimum atomic E-state index is -2.90. The Morgan fingerprint density at radius 1 is 1.27 bits per heavy atom. The lowest BCUT2D eigenvalue weighted by molar-refractivity contribution is -0.0512. The van der Waals surface area contributed by atoms with Gasteiger partial charge in [0.25, 0.3) is 0 Å². The van der Waals surface area contributed by atoms with E-state index in [2.05, 4.69) is 39.3 Å². The van der Waals surface area contributed by atoms with Gasteiger partial charge < -0.3 is 20.1 Å². The number of hydrogen-bond acceptors (Lipinski definition) is 4. The van der Waals surface area contributed by atoms with Gasteiger partial charge in [0.2, 0.25) is 0 Å². The van der Waals surface area contributed by atoms with Gasteiger partial charge in [0.05, 0.1) is 12.8 Å². The van der Waals surface area contributed by atoms with Crippen LogP contribution >= 0.6 is 0 Å². The van der Waals surface area contributed by atoms with E-state index in [1.807, 2.05) is 24.7 Å². The molecule has 0 aliphatic heterocycles. The van der Waals surface area contributed by atoms with Gasteiger partial charge in [-0.15, -0.1) is 0 Å². The van der Waals surface area contributed by atoms with E-state index >= 15 is 0 Å². The van der Waals surface area contributed by atoms with Crippen molar-refractivity contribution in [3.8, 4) is 11.5 Å². The van der Waals surface area contributed by atoms with Gasteiger partial charge in [0.15, 0.2) is 17.5 Å². The van der Waals surface area contributed by atoms with Gasteiger partial charge in [-0.1, -0.05) is 6.07 Å². The van der Waals surface area contributed by atoms with E-state index in [1.54, 1.807) is 19.2 Å². The molecule has 2 N–H and O–H groups in total. The number of guanidine groups is 1. The molecule has 0 spiro atoms. The molecule has 1 unspecified atom stereocenters. The fraction of sp³-hybridized carbons (Fsp3) is 0.524. The molecule has 0 saturated heterocycles. The molecule has 0 bridgehead atoms. The van der Waals surface area contributed by atoms with Crippen molar-refractivity contribution in [3.05, 3.63) is 40.7 Å². The molecule has 1 aromatic heterocycles. The predicted molar refractivity (Wildman–Crippen MR) is 114 cm³/mol. The van der Waals surface area contributed by atoms with Crippen LogP contribution in [-0.4, -0.2) is 49.1 Å². The molecule has 7 nitrogen and oxygen atoms in total. The summed E-state index contributed by atoms with van der Waals surface area (Å²) in [5.41, 5.74) is 4.28. The molecule has 0 fully saturated rings. The number of aryl methyl sites for hydroxylation is 2. The molecule has 1 aromatic carbocycles. The maximum Gasteiger partial charge on any atom is 0.387 e. The van der Waals surface area contributed by atoms with Gasteiger partial charge in [0.1, 0.15) is 0 Å². The third-order valence-electron chi connectivity index (χ3n) is 4.93. The highest BCUT2D eigenvalue weighted by atomic mass is 19.3. The standard InChI is InChI=1S/C21H31F2N5O2/c1-13(11-17-14(2)27-28(5)15(17)3)26-21(24-4)25-10-9-16-7-8-18(29-6)19(12-16)30-20(22)23/h7-8,12-13,20H,9-11H2,1-6H3,(H2,24,25,26). The zero-order chi connectivity index (χ0) is 22.3. The summed E-state index contributed by atoms with van der Waals surface area (Å²) in [6.45, 7) is 3.86. The smallest absolute Gasteiger partial charge is 0.387 e. The van der Waals surface area contributed by atoms with E-state index < -0.39 is 6.61 Å². The van der Waals surface area contributed by atoms with E-state index in [4.69, 9.17) is 4.74 Å². The first kappa shape index (κ1) is 23.4. The van der Waals surface area contributed by atoms with Crippen LogP contribution in [0.3, 0.4) is 0 Å². The third kappa shape index (κ3) is 6.33. The lowest BCUT2D eigenvalue weighted by Gasteiger charge is -2.18. The Bertz CT molecular complexity index is 867. The van der Waals surface area contributed by atoms with Crippen molar-refractivity contribution in [1.29, 1.82) is 0 Å². The van der Waals surface area contributed by atoms with E-state index in [-0.39, 0.29) is 17.5 Å². The highest BCUT2D eigenvalue weighted by molar-refractivity contribution is 5.79. The highest BCUT2D eigenvalue weighted by Crippen LogP contribution is 2.29. The number of aliphatic imine (C=N–C) groups is 1. The number of halogens is 2. The maximum absolute atomic E-state index is 12.6. The molecule has 2 rings (SSSR count). The topological polar surface area (TPSA) is 72.7 Å². The van der Waals surface area contributed by atoms with E-state index in [0.717, 1.165) is 23.4 Å². The normalized spacial score (nSPS) is 12.8. The largest absolute Gasteiger partial charge is 0.493 e. The first-order chi connectivity index (χ1) is 14.2. The van der Waals surface area contributed by atoms with Gasteiger partial charge >= 0.3 is 6.61 Å². The zero-order valence-corrected chi connectivity index (χ0v) is 18.4. The Labute approximate surface area is 176 Å². The van der Waals surface area contributed by atoms with Gasteiger partial charge in [0, 0.05) is 32.4 Å². The van der Waals surface area contributed by atoms with Crippen LogP contribution in [-0.2, 0) is 19.9 Å². The number of ether oxygens (including phenoxy) is 2. The van der Waals surface area contributed by atoms with Gasteiger partial charge in [-0.25, -0.2) is 0 Å². The summed E-state index contributed by atoms with van der Waals surface area (Å²) >= 11 is 0. The van der Waals surface area contributed by atoms with Crippen molar-refractivity contribution in [2.75, 3.05) is 20.7 Å². The fourth-order valence-corrected chi connectivity index (χ4v) is 3.29. The average molecular weight is 424 g/mol. The summed E-state index contributed by atoms with van der Waals surface area (Å²) in [5.74, 6) is 0.988. The summed E-state index contributed by atoms with van der Waals surface area (Å²) < 4.78 is 36.7. The Balaban J connectivity index is 1.90. The maximum atomic E-state index is 12.6.